The number of carbonyl (C=O) groups excluding carboxylic acids is 2. The molecule has 0 unspecified atom stereocenters. The van der Waals surface area contributed by atoms with Crippen molar-refractivity contribution in [1.82, 2.24) is 0 Å². The molecule has 0 bridgehead atoms. The Balaban J connectivity index is 1.79. The van der Waals surface area contributed by atoms with E-state index < -0.39 is 36.0 Å². The van der Waals surface area contributed by atoms with Crippen LogP contribution in [0.15, 0.2) is 73.0 Å². The molecular weight excluding hydrogens is 400 g/mol. The van der Waals surface area contributed by atoms with E-state index in [1.54, 1.807) is 80.6 Å². The Morgan fingerprint density at radius 1 is 0.903 bits per heavy atom. The first kappa shape index (κ1) is 22.5. The summed E-state index contributed by atoms with van der Waals surface area (Å²) in [6.45, 7) is 3.56. The van der Waals surface area contributed by atoms with Gasteiger partial charge in [-0.05, 0) is 44.2 Å². The SMILES string of the molecule is COC(C)(C)OC[C@H]1OC=C[C@@H](OC(=O)c2ccccc2)[C@@H]1OC(=O)c1ccccc1. The maximum Gasteiger partial charge on any atom is 0.338 e. The molecule has 0 radical (unpaired) electrons. The van der Waals surface area contributed by atoms with Gasteiger partial charge in [0, 0.05) is 7.11 Å². The average molecular weight is 426 g/mol. The summed E-state index contributed by atoms with van der Waals surface area (Å²) in [5.41, 5.74) is 0.769. The number of hydrogen-bond acceptors (Lipinski definition) is 7. The van der Waals surface area contributed by atoms with Gasteiger partial charge in [-0.25, -0.2) is 9.59 Å². The summed E-state index contributed by atoms with van der Waals surface area (Å²) in [4.78, 5) is 25.3. The van der Waals surface area contributed by atoms with E-state index in [0.717, 1.165) is 0 Å². The Bertz CT molecular complexity index is 893. The molecule has 0 aliphatic carbocycles. The number of carbonyl (C=O) groups is 2. The van der Waals surface area contributed by atoms with Crippen LogP contribution in [0.25, 0.3) is 0 Å². The third kappa shape index (κ3) is 6.16. The zero-order valence-corrected chi connectivity index (χ0v) is 17.7. The van der Waals surface area contributed by atoms with Crippen LogP contribution in [-0.2, 0) is 23.7 Å². The second-order valence-electron chi connectivity index (χ2n) is 7.39. The molecule has 3 atom stereocenters. The third-order valence-corrected chi connectivity index (χ3v) is 4.80. The van der Waals surface area contributed by atoms with E-state index in [1.165, 1.54) is 13.4 Å². The van der Waals surface area contributed by atoms with Gasteiger partial charge in [-0.1, -0.05) is 36.4 Å². The molecule has 0 aromatic heterocycles. The summed E-state index contributed by atoms with van der Waals surface area (Å²) >= 11 is 0. The first-order valence-electron chi connectivity index (χ1n) is 9.93. The van der Waals surface area contributed by atoms with Crippen LogP contribution in [-0.4, -0.2) is 49.8 Å². The van der Waals surface area contributed by atoms with Crippen LogP contribution in [0, 0.1) is 0 Å². The van der Waals surface area contributed by atoms with Crippen molar-refractivity contribution in [3.05, 3.63) is 84.1 Å². The molecule has 7 heteroatoms. The number of benzene rings is 2. The Morgan fingerprint density at radius 2 is 1.45 bits per heavy atom. The van der Waals surface area contributed by atoms with Gasteiger partial charge < -0.3 is 23.7 Å². The van der Waals surface area contributed by atoms with Crippen LogP contribution >= 0.6 is 0 Å². The minimum atomic E-state index is -0.918. The van der Waals surface area contributed by atoms with Crippen molar-refractivity contribution in [2.75, 3.05) is 13.7 Å². The molecule has 31 heavy (non-hydrogen) atoms. The van der Waals surface area contributed by atoms with Gasteiger partial charge in [0.1, 0.15) is 0 Å². The average Bonchev–Trinajstić information content (AvgIpc) is 2.80. The highest BCUT2D eigenvalue weighted by atomic mass is 16.7. The first-order valence-corrected chi connectivity index (χ1v) is 9.93. The van der Waals surface area contributed by atoms with Crippen molar-refractivity contribution >= 4 is 11.9 Å². The molecule has 3 rings (SSSR count). The second kappa shape index (κ2) is 10.2. The molecule has 0 N–H and O–H groups in total. The van der Waals surface area contributed by atoms with Gasteiger partial charge >= 0.3 is 11.9 Å². The van der Waals surface area contributed by atoms with Crippen molar-refractivity contribution in [3.63, 3.8) is 0 Å². The summed E-state index contributed by atoms with van der Waals surface area (Å²) in [5.74, 6) is -1.95. The van der Waals surface area contributed by atoms with E-state index in [1.807, 2.05) is 0 Å². The van der Waals surface area contributed by atoms with Crippen LogP contribution in [0.5, 0.6) is 0 Å². The molecule has 2 aromatic rings. The van der Waals surface area contributed by atoms with E-state index in [4.69, 9.17) is 23.7 Å². The maximum atomic E-state index is 12.7. The predicted molar refractivity (Wildman–Crippen MR) is 112 cm³/mol. The van der Waals surface area contributed by atoms with E-state index in [9.17, 15) is 9.59 Å². The summed E-state index contributed by atoms with van der Waals surface area (Å²) in [6, 6.07) is 17.2. The molecule has 2 aromatic carbocycles. The van der Waals surface area contributed by atoms with Gasteiger partial charge in [0.25, 0.3) is 0 Å². The highest BCUT2D eigenvalue weighted by Crippen LogP contribution is 2.23. The highest BCUT2D eigenvalue weighted by Gasteiger charge is 2.39. The Labute approximate surface area is 181 Å². The number of methoxy groups -OCH3 is 1. The van der Waals surface area contributed by atoms with Crippen LogP contribution in [0.3, 0.4) is 0 Å². The van der Waals surface area contributed by atoms with Gasteiger partial charge in [0.15, 0.2) is 24.1 Å². The summed E-state index contributed by atoms with van der Waals surface area (Å²) in [5, 5.41) is 0. The molecule has 0 amide bonds. The minimum Gasteiger partial charge on any atom is -0.492 e. The van der Waals surface area contributed by atoms with Gasteiger partial charge in [-0.2, -0.15) is 0 Å². The molecule has 1 aliphatic heterocycles. The van der Waals surface area contributed by atoms with E-state index in [0.29, 0.717) is 11.1 Å². The van der Waals surface area contributed by atoms with Crippen LogP contribution in [0.4, 0.5) is 0 Å². The van der Waals surface area contributed by atoms with Gasteiger partial charge in [0.2, 0.25) is 0 Å². The lowest BCUT2D eigenvalue weighted by atomic mass is 10.1. The van der Waals surface area contributed by atoms with Crippen LogP contribution in [0.2, 0.25) is 0 Å². The Kier molecular flexibility index (Phi) is 7.44. The Hall–Kier alpha value is -3.16. The molecule has 7 nitrogen and oxygen atoms in total. The zero-order valence-electron chi connectivity index (χ0n) is 17.7. The van der Waals surface area contributed by atoms with Crippen LogP contribution < -0.4 is 0 Å². The topological polar surface area (TPSA) is 80.3 Å². The lowest BCUT2D eigenvalue weighted by molar-refractivity contribution is -0.220. The normalized spacial score (nSPS) is 20.5. The van der Waals surface area contributed by atoms with E-state index in [2.05, 4.69) is 0 Å². The number of hydrogen-bond donors (Lipinski definition) is 0. The summed E-state index contributed by atoms with van der Waals surface area (Å²) in [7, 11) is 1.53. The Morgan fingerprint density at radius 3 is 2.00 bits per heavy atom. The highest BCUT2D eigenvalue weighted by molar-refractivity contribution is 5.90. The molecule has 1 heterocycles. The molecule has 1 aliphatic rings. The van der Waals surface area contributed by atoms with Gasteiger partial charge in [-0.15, -0.1) is 0 Å². The molecule has 164 valence electrons. The van der Waals surface area contributed by atoms with Gasteiger partial charge in [0.05, 0.1) is 24.0 Å². The van der Waals surface area contributed by atoms with Gasteiger partial charge in [-0.3, -0.25) is 0 Å². The minimum absolute atomic E-state index is 0.0529. The zero-order chi connectivity index (χ0) is 22.3. The van der Waals surface area contributed by atoms with Crippen LogP contribution in [0.1, 0.15) is 34.6 Å². The monoisotopic (exact) mass is 426 g/mol. The lowest BCUT2D eigenvalue weighted by Gasteiger charge is -2.35. The molecule has 0 spiro atoms. The molecule has 0 saturated heterocycles. The van der Waals surface area contributed by atoms with Crippen molar-refractivity contribution in [2.24, 2.45) is 0 Å². The maximum absolute atomic E-state index is 12.7. The second-order valence-corrected chi connectivity index (χ2v) is 7.39. The number of esters is 2. The summed E-state index contributed by atoms with van der Waals surface area (Å²) in [6.07, 6.45) is 0.484. The van der Waals surface area contributed by atoms with Crippen molar-refractivity contribution in [3.8, 4) is 0 Å². The van der Waals surface area contributed by atoms with Crippen molar-refractivity contribution in [1.29, 1.82) is 0 Å². The number of ether oxygens (including phenoxy) is 5. The molecular formula is C24H26O7. The largest absolute Gasteiger partial charge is 0.492 e. The van der Waals surface area contributed by atoms with E-state index >= 15 is 0 Å². The fourth-order valence-corrected chi connectivity index (χ4v) is 2.88. The first-order chi connectivity index (χ1) is 14.9. The predicted octanol–water partition coefficient (Wildman–Crippen LogP) is 3.75. The summed E-state index contributed by atoms with van der Waals surface area (Å²) < 4.78 is 28.1. The fraction of sp³-hybridized carbons (Fsp3) is 0.333. The van der Waals surface area contributed by atoms with Crippen molar-refractivity contribution in [2.45, 2.75) is 37.9 Å². The smallest absolute Gasteiger partial charge is 0.338 e. The third-order valence-electron chi connectivity index (χ3n) is 4.80. The molecule has 0 fully saturated rings. The number of rotatable bonds is 8. The lowest BCUT2D eigenvalue weighted by Crippen LogP contribution is -2.48. The fourth-order valence-electron chi connectivity index (χ4n) is 2.88. The van der Waals surface area contributed by atoms with Crippen molar-refractivity contribution < 1.29 is 33.3 Å². The molecule has 0 saturated carbocycles. The standard InChI is InChI=1S/C24H26O7/c1-24(2,27-3)29-16-20-21(31-23(26)18-12-8-5-9-13-18)19(14-15-28-20)30-22(25)17-10-6-4-7-11-17/h4-15,19-21H,16H2,1-3H3/t19-,20-,21+/m1/s1. The quantitative estimate of drug-likeness (QED) is 0.470. The van der Waals surface area contributed by atoms with E-state index in [-0.39, 0.29) is 6.61 Å².